The van der Waals surface area contributed by atoms with Gasteiger partial charge in [0, 0.05) is 25.2 Å². The Hall–Kier alpha value is -2.30. The summed E-state index contributed by atoms with van der Waals surface area (Å²) in [7, 11) is 3.36. The molecule has 0 bridgehead atoms. The number of amides is 1. The first-order valence-electron chi connectivity index (χ1n) is 7.48. The number of unbranched alkanes of at least 4 members (excludes halogenated alkanes) is 1. The predicted octanol–water partition coefficient (Wildman–Crippen LogP) is 2.27. The van der Waals surface area contributed by atoms with Crippen LogP contribution in [-0.4, -0.2) is 36.1 Å². The number of methoxy groups -OCH3 is 1. The van der Waals surface area contributed by atoms with E-state index in [1.54, 1.807) is 37.4 Å². The molecule has 1 aromatic heterocycles. The summed E-state index contributed by atoms with van der Waals surface area (Å²) in [6.45, 7) is 2.87. The summed E-state index contributed by atoms with van der Waals surface area (Å²) >= 11 is 0. The Morgan fingerprint density at radius 3 is 2.77 bits per heavy atom. The zero-order chi connectivity index (χ0) is 16.1. The molecule has 0 saturated carbocycles. The van der Waals surface area contributed by atoms with Gasteiger partial charge in [0.15, 0.2) is 0 Å². The van der Waals surface area contributed by atoms with E-state index in [1.165, 1.54) is 4.57 Å². The highest BCUT2D eigenvalue weighted by Crippen LogP contribution is 2.17. The average Bonchev–Trinajstić information content (AvgIpc) is 2.54. The van der Waals surface area contributed by atoms with Crippen molar-refractivity contribution in [2.24, 2.45) is 0 Å². The van der Waals surface area contributed by atoms with E-state index >= 15 is 0 Å². The topological polar surface area (TPSA) is 51.5 Å². The van der Waals surface area contributed by atoms with Crippen molar-refractivity contribution >= 4 is 16.7 Å². The fraction of sp³-hybridized carbons (Fsp3) is 0.412. The molecule has 0 saturated heterocycles. The Morgan fingerprint density at radius 1 is 1.32 bits per heavy atom. The Bertz CT molecular complexity index is 721. The number of hydrogen-bond donors (Lipinski definition) is 0. The number of carbonyl (C=O) groups excluding carboxylic acids is 1. The molecule has 1 amide bonds. The van der Waals surface area contributed by atoms with Gasteiger partial charge in [0.25, 0.3) is 5.56 Å². The summed E-state index contributed by atoms with van der Waals surface area (Å²) in [5, 5.41) is 1.40. The second-order valence-corrected chi connectivity index (χ2v) is 5.37. The van der Waals surface area contributed by atoms with Gasteiger partial charge >= 0.3 is 0 Å². The number of ether oxygens (including phenoxy) is 1. The minimum absolute atomic E-state index is 0.0524. The summed E-state index contributed by atoms with van der Waals surface area (Å²) in [6, 6.07) is 7.14. The fourth-order valence-corrected chi connectivity index (χ4v) is 2.30. The van der Waals surface area contributed by atoms with Crippen molar-refractivity contribution in [2.45, 2.75) is 26.3 Å². The first-order valence-corrected chi connectivity index (χ1v) is 7.48. The number of nitrogens with zero attached hydrogens (tertiary/aromatic N) is 2. The van der Waals surface area contributed by atoms with Crippen molar-refractivity contribution in [2.75, 3.05) is 20.7 Å². The van der Waals surface area contributed by atoms with Crippen molar-refractivity contribution in [1.29, 1.82) is 0 Å². The van der Waals surface area contributed by atoms with Gasteiger partial charge in [-0.15, -0.1) is 0 Å². The van der Waals surface area contributed by atoms with Crippen molar-refractivity contribution in [3.05, 3.63) is 40.8 Å². The summed E-state index contributed by atoms with van der Waals surface area (Å²) in [6.07, 6.45) is 3.67. The van der Waals surface area contributed by atoms with Crippen LogP contribution in [-0.2, 0) is 11.3 Å². The molecule has 0 aliphatic rings. The highest BCUT2D eigenvalue weighted by atomic mass is 16.5. The van der Waals surface area contributed by atoms with Gasteiger partial charge in [0.1, 0.15) is 12.3 Å². The number of likely N-dealkylation sites (N-methyl/N-ethyl adjacent to an activating group) is 1. The van der Waals surface area contributed by atoms with Crippen LogP contribution in [0.4, 0.5) is 0 Å². The van der Waals surface area contributed by atoms with Crippen LogP contribution in [0.5, 0.6) is 5.75 Å². The van der Waals surface area contributed by atoms with Gasteiger partial charge < -0.3 is 14.2 Å². The minimum atomic E-state index is -0.155. The van der Waals surface area contributed by atoms with Crippen molar-refractivity contribution < 1.29 is 9.53 Å². The monoisotopic (exact) mass is 302 g/mol. The maximum atomic E-state index is 12.5. The molecule has 2 aromatic rings. The third kappa shape index (κ3) is 3.47. The summed E-state index contributed by atoms with van der Waals surface area (Å²) < 4.78 is 6.61. The molecular weight excluding hydrogens is 280 g/mol. The number of fused-ring (bicyclic) bond motifs is 1. The maximum Gasteiger partial charge on any atom is 0.258 e. The summed E-state index contributed by atoms with van der Waals surface area (Å²) in [5.41, 5.74) is -0.155. The van der Waals surface area contributed by atoms with Crippen LogP contribution < -0.4 is 10.3 Å². The number of benzene rings is 1. The largest absolute Gasteiger partial charge is 0.497 e. The van der Waals surface area contributed by atoms with Gasteiger partial charge in [-0.25, -0.2) is 0 Å². The molecule has 0 radical (unpaired) electrons. The molecular formula is C17H22N2O3. The molecule has 1 aromatic carbocycles. The first-order chi connectivity index (χ1) is 10.6. The maximum absolute atomic E-state index is 12.5. The molecule has 0 fully saturated rings. The zero-order valence-corrected chi connectivity index (χ0v) is 13.3. The van der Waals surface area contributed by atoms with E-state index in [9.17, 15) is 9.59 Å². The molecule has 0 aliphatic heterocycles. The standard InChI is InChI=1S/C17H22N2O3/c1-4-5-9-18(2)16(20)12-19-10-8-13-11-14(22-3)6-7-15(13)17(19)21/h6-8,10-11H,4-5,9,12H2,1-3H3. The van der Waals surface area contributed by atoms with E-state index in [-0.39, 0.29) is 18.0 Å². The number of aromatic nitrogens is 1. The lowest BCUT2D eigenvalue weighted by molar-refractivity contribution is -0.130. The zero-order valence-electron chi connectivity index (χ0n) is 13.3. The highest BCUT2D eigenvalue weighted by Gasteiger charge is 2.11. The lowest BCUT2D eigenvalue weighted by atomic mass is 10.1. The van der Waals surface area contributed by atoms with Crippen LogP contribution in [0.2, 0.25) is 0 Å². The molecule has 5 heteroatoms. The van der Waals surface area contributed by atoms with Gasteiger partial charge in [-0.3, -0.25) is 9.59 Å². The lowest BCUT2D eigenvalue weighted by Crippen LogP contribution is -2.34. The summed E-state index contributed by atoms with van der Waals surface area (Å²) in [4.78, 5) is 26.3. The van der Waals surface area contributed by atoms with Crippen LogP contribution in [0.3, 0.4) is 0 Å². The third-order valence-corrected chi connectivity index (χ3v) is 3.76. The number of hydrogen-bond acceptors (Lipinski definition) is 3. The second-order valence-electron chi connectivity index (χ2n) is 5.37. The van der Waals surface area contributed by atoms with Crippen molar-refractivity contribution in [1.82, 2.24) is 9.47 Å². The Labute approximate surface area is 130 Å². The normalized spacial score (nSPS) is 10.7. The highest BCUT2D eigenvalue weighted by molar-refractivity contribution is 5.83. The summed E-state index contributed by atoms with van der Waals surface area (Å²) in [5.74, 6) is 0.656. The Morgan fingerprint density at radius 2 is 2.09 bits per heavy atom. The van der Waals surface area contributed by atoms with Gasteiger partial charge in [0.2, 0.25) is 5.91 Å². The predicted molar refractivity (Wildman–Crippen MR) is 87.3 cm³/mol. The lowest BCUT2D eigenvalue weighted by Gasteiger charge is -2.17. The smallest absolute Gasteiger partial charge is 0.258 e. The molecule has 22 heavy (non-hydrogen) atoms. The Kier molecular flexibility index (Phi) is 5.20. The first kappa shape index (κ1) is 16.1. The van der Waals surface area contributed by atoms with E-state index in [1.807, 2.05) is 12.1 Å². The molecule has 5 nitrogen and oxygen atoms in total. The van der Waals surface area contributed by atoms with Gasteiger partial charge in [-0.05, 0) is 36.1 Å². The molecule has 0 unspecified atom stereocenters. The molecule has 1 heterocycles. The SMILES string of the molecule is CCCCN(C)C(=O)Cn1ccc2cc(OC)ccc2c1=O. The average molecular weight is 302 g/mol. The van der Waals surface area contributed by atoms with E-state index in [0.29, 0.717) is 11.1 Å². The van der Waals surface area contributed by atoms with E-state index in [4.69, 9.17) is 4.74 Å². The molecule has 2 rings (SSSR count). The Balaban J connectivity index is 2.24. The fourth-order valence-electron chi connectivity index (χ4n) is 2.30. The molecule has 0 atom stereocenters. The van der Waals surface area contributed by atoms with E-state index in [2.05, 4.69) is 6.92 Å². The van der Waals surface area contributed by atoms with Crippen LogP contribution >= 0.6 is 0 Å². The van der Waals surface area contributed by atoms with Crippen LogP contribution in [0.25, 0.3) is 10.8 Å². The molecule has 0 aliphatic carbocycles. The van der Waals surface area contributed by atoms with E-state index < -0.39 is 0 Å². The van der Waals surface area contributed by atoms with Crippen molar-refractivity contribution in [3.8, 4) is 5.75 Å². The van der Waals surface area contributed by atoms with Crippen LogP contribution in [0.15, 0.2) is 35.3 Å². The van der Waals surface area contributed by atoms with Gasteiger partial charge in [-0.2, -0.15) is 0 Å². The minimum Gasteiger partial charge on any atom is -0.497 e. The van der Waals surface area contributed by atoms with Crippen LogP contribution in [0, 0.1) is 0 Å². The van der Waals surface area contributed by atoms with Gasteiger partial charge in [0.05, 0.1) is 7.11 Å². The van der Waals surface area contributed by atoms with Crippen LogP contribution in [0.1, 0.15) is 19.8 Å². The number of pyridine rings is 1. The van der Waals surface area contributed by atoms with Crippen molar-refractivity contribution in [3.63, 3.8) is 0 Å². The molecule has 118 valence electrons. The van der Waals surface area contributed by atoms with E-state index in [0.717, 1.165) is 24.8 Å². The molecule has 0 N–H and O–H groups in total. The van der Waals surface area contributed by atoms with Gasteiger partial charge in [-0.1, -0.05) is 13.3 Å². The number of carbonyl (C=O) groups is 1. The quantitative estimate of drug-likeness (QED) is 0.822. The molecule has 0 spiro atoms. The third-order valence-electron chi connectivity index (χ3n) is 3.76. The number of rotatable bonds is 6. The second kappa shape index (κ2) is 7.11.